The van der Waals surface area contributed by atoms with Crippen molar-refractivity contribution in [2.45, 2.75) is 70.8 Å². The van der Waals surface area contributed by atoms with E-state index in [1.165, 1.54) is 5.56 Å². The van der Waals surface area contributed by atoms with Gasteiger partial charge in [-0.05, 0) is 68.7 Å². The number of unbranched alkanes of at least 4 members (excludes halogenated alkanes) is 1. The SMILES string of the molecule is CCCCc1ccc(C(C(=O)N2CCC(CC(=O)O)CC2)C(C)(C)NC(=O)c2ccc(C(=N)N)cc2)cc1. The van der Waals surface area contributed by atoms with Crippen molar-refractivity contribution < 1.29 is 19.5 Å². The summed E-state index contributed by atoms with van der Waals surface area (Å²) in [6.45, 7) is 6.87. The first-order valence-electron chi connectivity index (χ1n) is 13.4. The molecule has 1 fully saturated rings. The zero-order valence-corrected chi connectivity index (χ0v) is 22.6. The van der Waals surface area contributed by atoms with Crippen molar-refractivity contribution in [1.29, 1.82) is 5.41 Å². The van der Waals surface area contributed by atoms with E-state index in [1.54, 1.807) is 24.3 Å². The molecule has 0 saturated carbocycles. The third-order valence-corrected chi connectivity index (χ3v) is 7.38. The van der Waals surface area contributed by atoms with Gasteiger partial charge in [0, 0.05) is 30.6 Å². The molecule has 8 nitrogen and oxygen atoms in total. The number of hydrogen-bond donors (Lipinski definition) is 4. The molecule has 0 aliphatic carbocycles. The van der Waals surface area contributed by atoms with E-state index in [2.05, 4.69) is 24.4 Å². The van der Waals surface area contributed by atoms with Crippen LogP contribution in [0.5, 0.6) is 0 Å². The number of amidine groups is 1. The Morgan fingerprint density at radius 2 is 1.63 bits per heavy atom. The van der Waals surface area contributed by atoms with Crippen LogP contribution < -0.4 is 11.1 Å². The summed E-state index contributed by atoms with van der Waals surface area (Å²) >= 11 is 0. The third kappa shape index (κ3) is 7.43. The number of carboxylic acid groups (broad SMARTS) is 1. The normalized spacial score (nSPS) is 15.1. The summed E-state index contributed by atoms with van der Waals surface area (Å²) < 4.78 is 0. The first-order valence-corrected chi connectivity index (χ1v) is 13.4. The molecule has 1 unspecified atom stereocenters. The van der Waals surface area contributed by atoms with Gasteiger partial charge in [-0.15, -0.1) is 0 Å². The van der Waals surface area contributed by atoms with Crippen LogP contribution in [-0.2, 0) is 16.0 Å². The van der Waals surface area contributed by atoms with Gasteiger partial charge in [0.1, 0.15) is 5.84 Å². The highest BCUT2D eigenvalue weighted by atomic mass is 16.4. The van der Waals surface area contributed by atoms with E-state index < -0.39 is 17.4 Å². The Morgan fingerprint density at radius 3 is 2.16 bits per heavy atom. The summed E-state index contributed by atoms with van der Waals surface area (Å²) in [5, 5.41) is 19.8. The molecule has 1 heterocycles. The second-order valence-corrected chi connectivity index (χ2v) is 10.8. The van der Waals surface area contributed by atoms with Gasteiger partial charge in [-0.3, -0.25) is 19.8 Å². The number of hydrogen-bond acceptors (Lipinski definition) is 4. The van der Waals surface area contributed by atoms with Crippen LogP contribution >= 0.6 is 0 Å². The molecule has 3 rings (SSSR count). The molecular weight excluding hydrogens is 480 g/mol. The fourth-order valence-electron chi connectivity index (χ4n) is 5.15. The van der Waals surface area contributed by atoms with Crippen molar-refractivity contribution in [3.63, 3.8) is 0 Å². The molecule has 204 valence electrons. The van der Waals surface area contributed by atoms with Crippen LogP contribution in [-0.4, -0.2) is 52.3 Å². The summed E-state index contributed by atoms with van der Waals surface area (Å²) in [6, 6.07) is 14.6. The average molecular weight is 521 g/mol. The summed E-state index contributed by atoms with van der Waals surface area (Å²) in [6.07, 6.45) is 4.59. The minimum absolute atomic E-state index is 0.0681. The van der Waals surface area contributed by atoms with Crippen molar-refractivity contribution >= 4 is 23.6 Å². The second-order valence-electron chi connectivity index (χ2n) is 10.8. The maximum atomic E-state index is 14.0. The highest BCUT2D eigenvalue weighted by Gasteiger charge is 2.41. The number of nitrogens with zero attached hydrogens (tertiary/aromatic N) is 1. The van der Waals surface area contributed by atoms with Gasteiger partial charge in [0.15, 0.2) is 0 Å². The number of nitrogens with one attached hydrogen (secondary N) is 2. The van der Waals surface area contributed by atoms with Crippen LogP contribution in [0.1, 0.15) is 85.8 Å². The number of aryl methyl sites for hydroxylation is 1. The maximum absolute atomic E-state index is 14.0. The van der Waals surface area contributed by atoms with Gasteiger partial charge in [-0.1, -0.05) is 49.7 Å². The van der Waals surface area contributed by atoms with Crippen LogP contribution in [0.25, 0.3) is 0 Å². The number of carbonyl (C=O) groups is 3. The molecule has 2 aromatic rings. The standard InChI is InChI=1S/C30H40N4O4/c1-4-5-6-20-7-9-22(10-8-20)26(29(38)34-17-15-21(16-18-34)19-25(35)36)30(2,3)33-28(37)24-13-11-23(12-14-24)27(31)32/h7-14,21,26H,4-6,15-19H2,1-3H3,(H3,31,32)(H,33,37)(H,35,36). The van der Waals surface area contributed by atoms with Gasteiger partial charge in [0.2, 0.25) is 5.91 Å². The zero-order chi connectivity index (χ0) is 27.9. The third-order valence-electron chi connectivity index (χ3n) is 7.38. The summed E-state index contributed by atoms with van der Waals surface area (Å²) in [5.41, 5.74) is 7.60. The first kappa shape index (κ1) is 28.9. The molecule has 0 radical (unpaired) electrons. The Bertz CT molecular complexity index is 1130. The number of aliphatic carboxylic acids is 1. The summed E-state index contributed by atoms with van der Waals surface area (Å²) in [5.74, 6) is -1.83. The summed E-state index contributed by atoms with van der Waals surface area (Å²) in [4.78, 5) is 40.2. The molecule has 1 aliphatic rings. The molecule has 1 aliphatic heterocycles. The number of nitrogen functional groups attached to an aromatic ring is 1. The van der Waals surface area contributed by atoms with Crippen molar-refractivity contribution in [2.24, 2.45) is 11.7 Å². The summed E-state index contributed by atoms with van der Waals surface area (Å²) in [7, 11) is 0. The van der Waals surface area contributed by atoms with E-state index in [0.717, 1.165) is 24.8 Å². The lowest BCUT2D eigenvalue weighted by molar-refractivity contribution is -0.139. The molecule has 0 bridgehead atoms. The molecule has 0 aromatic heterocycles. The largest absolute Gasteiger partial charge is 0.481 e. The molecule has 1 saturated heterocycles. The number of carbonyl (C=O) groups excluding carboxylic acids is 2. The lowest BCUT2D eigenvalue weighted by atomic mass is 9.79. The second kappa shape index (κ2) is 12.7. The fraction of sp³-hybridized carbons (Fsp3) is 0.467. The number of amides is 2. The van der Waals surface area contributed by atoms with Gasteiger partial charge in [0.05, 0.1) is 11.5 Å². The number of likely N-dealkylation sites (tertiary alicyclic amines) is 1. The molecular formula is C30H40N4O4. The Morgan fingerprint density at radius 1 is 1.05 bits per heavy atom. The van der Waals surface area contributed by atoms with Crippen LogP contribution in [0, 0.1) is 11.3 Å². The minimum Gasteiger partial charge on any atom is -0.481 e. The van der Waals surface area contributed by atoms with Crippen molar-refractivity contribution in [2.75, 3.05) is 13.1 Å². The Kier molecular flexibility index (Phi) is 9.66. The molecule has 1 atom stereocenters. The predicted octanol–water partition coefficient (Wildman–Crippen LogP) is 4.32. The van der Waals surface area contributed by atoms with E-state index in [0.29, 0.717) is 37.1 Å². The van der Waals surface area contributed by atoms with Crippen LogP contribution in [0.4, 0.5) is 0 Å². The lowest BCUT2D eigenvalue weighted by Gasteiger charge is -2.40. The number of carboxylic acids is 1. The van der Waals surface area contributed by atoms with Crippen molar-refractivity contribution in [1.82, 2.24) is 10.2 Å². The molecule has 0 spiro atoms. The van der Waals surface area contributed by atoms with Crippen LogP contribution in [0.15, 0.2) is 48.5 Å². The minimum atomic E-state index is -0.920. The van der Waals surface area contributed by atoms with Gasteiger partial charge in [-0.2, -0.15) is 0 Å². The lowest BCUT2D eigenvalue weighted by Crippen LogP contribution is -2.54. The van der Waals surface area contributed by atoms with Crippen molar-refractivity contribution in [3.05, 3.63) is 70.8 Å². The van der Waals surface area contributed by atoms with Gasteiger partial charge < -0.3 is 21.1 Å². The molecule has 2 amide bonds. The quantitative estimate of drug-likeness (QED) is 0.258. The Hall–Kier alpha value is -3.68. The Balaban J connectivity index is 1.85. The zero-order valence-electron chi connectivity index (χ0n) is 22.6. The monoisotopic (exact) mass is 520 g/mol. The van der Waals surface area contributed by atoms with E-state index in [1.807, 2.05) is 30.9 Å². The molecule has 2 aromatic carbocycles. The van der Waals surface area contributed by atoms with E-state index >= 15 is 0 Å². The molecule has 38 heavy (non-hydrogen) atoms. The number of benzene rings is 2. The van der Waals surface area contributed by atoms with Crippen LogP contribution in [0.2, 0.25) is 0 Å². The van der Waals surface area contributed by atoms with Gasteiger partial charge in [-0.25, -0.2) is 0 Å². The fourth-order valence-corrected chi connectivity index (χ4v) is 5.15. The number of rotatable bonds is 11. The maximum Gasteiger partial charge on any atom is 0.303 e. The van der Waals surface area contributed by atoms with Crippen LogP contribution in [0.3, 0.4) is 0 Å². The topological polar surface area (TPSA) is 137 Å². The Labute approximate surface area is 225 Å². The number of piperidine rings is 1. The van der Waals surface area contributed by atoms with E-state index in [4.69, 9.17) is 16.2 Å². The number of nitrogens with two attached hydrogens (primary N) is 1. The average Bonchev–Trinajstić information content (AvgIpc) is 2.88. The van der Waals surface area contributed by atoms with E-state index in [9.17, 15) is 14.4 Å². The predicted molar refractivity (Wildman–Crippen MR) is 148 cm³/mol. The molecule has 5 N–H and O–H groups in total. The van der Waals surface area contributed by atoms with Crippen molar-refractivity contribution in [3.8, 4) is 0 Å². The van der Waals surface area contributed by atoms with E-state index in [-0.39, 0.29) is 30.0 Å². The highest BCUT2D eigenvalue weighted by Crippen LogP contribution is 2.33. The molecule has 8 heteroatoms. The highest BCUT2D eigenvalue weighted by molar-refractivity contribution is 5.99. The smallest absolute Gasteiger partial charge is 0.303 e. The first-order chi connectivity index (χ1) is 18.0. The van der Waals surface area contributed by atoms with Gasteiger partial charge in [0.25, 0.3) is 5.91 Å². The van der Waals surface area contributed by atoms with Gasteiger partial charge >= 0.3 is 5.97 Å².